The van der Waals surface area contributed by atoms with Gasteiger partial charge in [0.05, 0.1) is 5.57 Å². The molecule has 0 bridgehead atoms. The van der Waals surface area contributed by atoms with Crippen LogP contribution in [0.5, 0.6) is 5.75 Å². The zero-order chi connectivity index (χ0) is 14.7. The first kappa shape index (κ1) is 13.0. The van der Waals surface area contributed by atoms with Gasteiger partial charge in [-0.15, -0.1) is 0 Å². The molecule has 0 radical (unpaired) electrons. The molecule has 0 unspecified atom stereocenters. The van der Waals surface area contributed by atoms with Gasteiger partial charge in [-0.25, -0.2) is 4.39 Å². The summed E-state index contributed by atoms with van der Waals surface area (Å²) in [5.41, 5.74) is -1.56. The summed E-state index contributed by atoms with van der Waals surface area (Å²) in [5, 5.41) is 9.38. The van der Waals surface area contributed by atoms with Crippen molar-refractivity contribution in [2.45, 2.75) is 19.0 Å². The SMILES string of the molecule is Oc1ccc2c3c(oc2c1F)C(F)=C(C(F)(F)F)CC3. The highest BCUT2D eigenvalue weighted by Crippen LogP contribution is 2.45. The van der Waals surface area contributed by atoms with E-state index in [0.717, 1.165) is 6.07 Å². The molecule has 1 aliphatic carbocycles. The van der Waals surface area contributed by atoms with E-state index >= 15 is 0 Å². The maximum atomic E-state index is 13.9. The van der Waals surface area contributed by atoms with Crippen molar-refractivity contribution in [3.63, 3.8) is 0 Å². The van der Waals surface area contributed by atoms with E-state index in [-0.39, 0.29) is 17.4 Å². The van der Waals surface area contributed by atoms with Gasteiger partial charge in [0.1, 0.15) is 0 Å². The van der Waals surface area contributed by atoms with Crippen LogP contribution in [-0.2, 0) is 6.42 Å². The van der Waals surface area contributed by atoms with Crippen LogP contribution in [0.2, 0.25) is 0 Å². The number of alkyl halides is 3. The number of allylic oxidation sites excluding steroid dienone is 1. The van der Waals surface area contributed by atoms with Crippen LogP contribution in [0.25, 0.3) is 16.8 Å². The molecule has 20 heavy (non-hydrogen) atoms. The first-order valence-corrected chi connectivity index (χ1v) is 5.69. The van der Waals surface area contributed by atoms with Gasteiger partial charge in [-0.1, -0.05) is 0 Å². The Labute approximate surface area is 109 Å². The highest BCUT2D eigenvalue weighted by atomic mass is 19.4. The van der Waals surface area contributed by atoms with Crippen molar-refractivity contribution in [3.8, 4) is 5.75 Å². The maximum Gasteiger partial charge on any atom is 0.415 e. The lowest BCUT2D eigenvalue weighted by molar-refractivity contribution is -0.0943. The molecule has 106 valence electrons. The number of rotatable bonds is 0. The molecule has 2 nitrogen and oxygen atoms in total. The Balaban J connectivity index is 2.30. The maximum absolute atomic E-state index is 13.9. The van der Waals surface area contributed by atoms with Gasteiger partial charge < -0.3 is 9.52 Å². The molecule has 0 aliphatic heterocycles. The van der Waals surface area contributed by atoms with Crippen LogP contribution in [0.3, 0.4) is 0 Å². The number of hydrogen-bond donors (Lipinski definition) is 1. The molecule has 1 aliphatic rings. The van der Waals surface area contributed by atoms with Crippen LogP contribution >= 0.6 is 0 Å². The first-order chi connectivity index (χ1) is 9.30. The minimum atomic E-state index is -4.79. The molecule has 1 aromatic heterocycles. The molecule has 7 heteroatoms. The number of benzene rings is 1. The normalized spacial score (nSPS) is 15.8. The number of aryl methyl sites for hydroxylation is 1. The Hall–Kier alpha value is -2.05. The summed E-state index contributed by atoms with van der Waals surface area (Å²) in [5.74, 6) is -3.95. The highest BCUT2D eigenvalue weighted by Gasteiger charge is 2.41. The summed E-state index contributed by atoms with van der Waals surface area (Å²) < 4.78 is 70.3. The molecular formula is C13H7F5O2. The van der Waals surface area contributed by atoms with Gasteiger partial charge in [-0.3, -0.25) is 0 Å². The average molecular weight is 290 g/mol. The van der Waals surface area contributed by atoms with E-state index in [0.29, 0.717) is 0 Å². The Morgan fingerprint density at radius 1 is 1.10 bits per heavy atom. The smallest absolute Gasteiger partial charge is 0.415 e. The number of phenols is 1. The van der Waals surface area contributed by atoms with Crippen molar-refractivity contribution < 1.29 is 31.5 Å². The molecule has 0 saturated carbocycles. The van der Waals surface area contributed by atoms with E-state index in [1.54, 1.807) is 0 Å². The van der Waals surface area contributed by atoms with Crippen molar-refractivity contribution in [3.05, 3.63) is 34.8 Å². The lowest BCUT2D eigenvalue weighted by Crippen LogP contribution is -2.16. The number of aromatic hydroxyl groups is 1. The predicted octanol–water partition coefficient (Wildman–Crippen LogP) is 4.47. The fourth-order valence-electron chi connectivity index (χ4n) is 2.36. The molecule has 1 aromatic carbocycles. The molecule has 0 spiro atoms. The first-order valence-electron chi connectivity index (χ1n) is 5.69. The Morgan fingerprint density at radius 3 is 2.45 bits per heavy atom. The van der Waals surface area contributed by atoms with E-state index in [9.17, 15) is 27.1 Å². The molecule has 3 rings (SSSR count). The van der Waals surface area contributed by atoms with Crippen molar-refractivity contribution in [2.24, 2.45) is 0 Å². The summed E-state index contributed by atoms with van der Waals surface area (Å²) in [4.78, 5) is 0. The van der Waals surface area contributed by atoms with Crippen molar-refractivity contribution in [1.29, 1.82) is 0 Å². The van der Waals surface area contributed by atoms with E-state index in [2.05, 4.69) is 0 Å². The minimum Gasteiger partial charge on any atom is -0.505 e. The highest BCUT2D eigenvalue weighted by molar-refractivity contribution is 5.88. The van der Waals surface area contributed by atoms with Gasteiger partial charge in [-0.05, 0) is 25.0 Å². The van der Waals surface area contributed by atoms with Crippen LogP contribution in [0, 0.1) is 5.82 Å². The molecule has 0 amide bonds. The summed E-state index contributed by atoms with van der Waals surface area (Å²) in [7, 11) is 0. The lowest BCUT2D eigenvalue weighted by atomic mass is 9.94. The summed E-state index contributed by atoms with van der Waals surface area (Å²) >= 11 is 0. The summed E-state index contributed by atoms with van der Waals surface area (Å²) in [6, 6.07) is 2.34. The van der Waals surface area contributed by atoms with E-state index < -0.39 is 46.9 Å². The number of furan rings is 1. The van der Waals surface area contributed by atoms with Gasteiger partial charge in [-0.2, -0.15) is 17.6 Å². The van der Waals surface area contributed by atoms with E-state index in [1.165, 1.54) is 6.07 Å². The summed E-state index contributed by atoms with van der Waals surface area (Å²) in [6.45, 7) is 0. The molecule has 0 fully saturated rings. The predicted molar refractivity (Wildman–Crippen MR) is 60.2 cm³/mol. The molecule has 1 N–H and O–H groups in total. The van der Waals surface area contributed by atoms with Crippen molar-refractivity contribution >= 4 is 16.8 Å². The Kier molecular flexibility index (Phi) is 2.57. The van der Waals surface area contributed by atoms with Gasteiger partial charge in [0.15, 0.2) is 22.9 Å². The molecule has 2 aromatic rings. The van der Waals surface area contributed by atoms with Crippen molar-refractivity contribution in [1.82, 2.24) is 0 Å². The Morgan fingerprint density at radius 2 is 1.80 bits per heavy atom. The van der Waals surface area contributed by atoms with Crippen LogP contribution in [0.4, 0.5) is 22.0 Å². The monoisotopic (exact) mass is 290 g/mol. The topological polar surface area (TPSA) is 33.4 Å². The standard InChI is InChI=1S/C13H7F5O2/c14-9-7(13(16,17)18)3-1-5-6-2-4-8(19)10(15)12(6)20-11(5)9/h2,4,19H,1,3H2. The fourth-order valence-corrected chi connectivity index (χ4v) is 2.36. The third kappa shape index (κ3) is 1.69. The number of fused-ring (bicyclic) bond motifs is 3. The number of phenolic OH excluding ortho intramolecular Hbond substituents is 1. The summed E-state index contributed by atoms with van der Waals surface area (Å²) in [6.07, 6.45) is -5.42. The third-order valence-corrected chi connectivity index (χ3v) is 3.31. The van der Waals surface area contributed by atoms with E-state index in [1.807, 2.05) is 0 Å². The Bertz CT molecular complexity index is 739. The quantitative estimate of drug-likeness (QED) is 0.726. The number of halogens is 5. The molecule has 0 saturated heterocycles. The minimum absolute atomic E-state index is 0.102. The van der Waals surface area contributed by atoms with Crippen LogP contribution in [0.15, 0.2) is 22.1 Å². The molecular weight excluding hydrogens is 283 g/mol. The zero-order valence-electron chi connectivity index (χ0n) is 9.81. The van der Waals surface area contributed by atoms with Gasteiger partial charge in [0, 0.05) is 10.9 Å². The second kappa shape index (κ2) is 3.97. The fraction of sp³-hybridized carbons (Fsp3) is 0.231. The van der Waals surface area contributed by atoms with Crippen molar-refractivity contribution in [2.75, 3.05) is 0 Å². The van der Waals surface area contributed by atoms with Gasteiger partial charge in [0.25, 0.3) is 0 Å². The molecule has 1 heterocycles. The molecule has 0 atom stereocenters. The third-order valence-electron chi connectivity index (χ3n) is 3.31. The average Bonchev–Trinajstić information content (AvgIpc) is 2.73. The lowest BCUT2D eigenvalue weighted by Gasteiger charge is -2.17. The van der Waals surface area contributed by atoms with Gasteiger partial charge >= 0.3 is 6.18 Å². The van der Waals surface area contributed by atoms with Crippen LogP contribution < -0.4 is 0 Å². The zero-order valence-corrected chi connectivity index (χ0v) is 9.81. The number of hydrogen-bond acceptors (Lipinski definition) is 2. The second-order valence-electron chi connectivity index (χ2n) is 4.48. The largest absolute Gasteiger partial charge is 0.505 e. The van der Waals surface area contributed by atoms with Gasteiger partial charge in [0.2, 0.25) is 5.82 Å². The van der Waals surface area contributed by atoms with Crippen LogP contribution in [0.1, 0.15) is 17.7 Å². The van der Waals surface area contributed by atoms with E-state index in [4.69, 9.17) is 4.42 Å². The second-order valence-corrected chi connectivity index (χ2v) is 4.48. The van der Waals surface area contributed by atoms with Crippen LogP contribution in [-0.4, -0.2) is 11.3 Å².